The van der Waals surface area contributed by atoms with Crippen LogP contribution in [0.3, 0.4) is 0 Å². The zero-order chi connectivity index (χ0) is 14.9. The molecule has 5 nitrogen and oxygen atoms in total. The number of nitrogens with zero attached hydrogens (tertiary/aromatic N) is 4. The van der Waals surface area contributed by atoms with Gasteiger partial charge in [0.1, 0.15) is 17.3 Å². The Labute approximate surface area is 128 Å². The Hall–Kier alpha value is -2.69. The van der Waals surface area contributed by atoms with Gasteiger partial charge in [0, 0.05) is 30.9 Å². The van der Waals surface area contributed by atoms with Crippen molar-refractivity contribution in [1.29, 1.82) is 0 Å². The number of aryl methyl sites for hydroxylation is 1. The first-order valence-corrected chi connectivity index (χ1v) is 7.36. The highest BCUT2D eigenvalue weighted by Gasteiger charge is 2.23. The van der Waals surface area contributed by atoms with Gasteiger partial charge in [-0.05, 0) is 19.1 Å². The number of hydrogen-bond acceptors (Lipinski definition) is 5. The molecule has 0 fully saturated rings. The number of hydrogen-bond donors (Lipinski definition) is 0. The summed E-state index contributed by atoms with van der Waals surface area (Å²) in [7, 11) is 0. The molecule has 0 aliphatic carbocycles. The second-order valence-corrected chi connectivity index (χ2v) is 5.49. The van der Waals surface area contributed by atoms with Gasteiger partial charge in [-0.2, -0.15) is 0 Å². The van der Waals surface area contributed by atoms with Crippen molar-refractivity contribution in [3.05, 3.63) is 59.9 Å². The third kappa shape index (κ3) is 2.35. The van der Waals surface area contributed by atoms with E-state index in [-0.39, 0.29) is 0 Å². The average molecular weight is 292 g/mol. The van der Waals surface area contributed by atoms with E-state index >= 15 is 0 Å². The van der Waals surface area contributed by atoms with Crippen molar-refractivity contribution in [1.82, 2.24) is 15.0 Å². The van der Waals surface area contributed by atoms with Crippen LogP contribution in [0.1, 0.15) is 17.0 Å². The van der Waals surface area contributed by atoms with Gasteiger partial charge in [-0.3, -0.25) is 4.98 Å². The zero-order valence-electron chi connectivity index (χ0n) is 12.4. The Balaban J connectivity index is 1.62. The number of benzene rings is 1. The zero-order valence-corrected chi connectivity index (χ0v) is 12.4. The van der Waals surface area contributed by atoms with Crippen molar-refractivity contribution in [2.45, 2.75) is 19.9 Å². The second kappa shape index (κ2) is 5.26. The van der Waals surface area contributed by atoms with Gasteiger partial charge in [-0.1, -0.05) is 17.7 Å². The molecule has 3 aromatic rings. The van der Waals surface area contributed by atoms with E-state index in [2.05, 4.69) is 38.9 Å². The van der Waals surface area contributed by atoms with E-state index in [1.807, 2.05) is 12.1 Å². The molecule has 0 spiro atoms. The molecule has 0 amide bonds. The Morgan fingerprint density at radius 3 is 2.77 bits per heavy atom. The van der Waals surface area contributed by atoms with E-state index in [0.29, 0.717) is 12.4 Å². The molecule has 0 saturated carbocycles. The highest BCUT2D eigenvalue weighted by atomic mass is 16.4. The molecule has 0 radical (unpaired) electrons. The molecule has 22 heavy (non-hydrogen) atoms. The SMILES string of the molecule is Cc1ccc(-c2nc3c(o2)CCN(c2cnccn2)C3)cc1. The summed E-state index contributed by atoms with van der Waals surface area (Å²) in [5, 5.41) is 0. The average Bonchev–Trinajstić information content (AvgIpc) is 2.99. The van der Waals surface area contributed by atoms with Crippen LogP contribution in [0, 0.1) is 6.92 Å². The van der Waals surface area contributed by atoms with Gasteiger partial charge < -0.3 is 9.32 Å². The molecule has 1 aromatic carbocycles. The topological polar surface area (TPSA) is 55.1 Å². The van der Waals surface area contributed by atoms with Gasteiger partial charge in [-0.25, -0.2) is 9.97 Å². The predicted octanol–water partition coefficient (Wildman–Crippen LogP) is 3.00. The van der Waals surface area contributed by atoms with Crippen LogP contribution in [0.5, 0.6) is 0 Å². The fourth-order valence-electron chi connectivity index (χ4n) is 2.67. The molecule has 0 unspecified atom stereocenters. The quantitative estimate of drug-likeness (QED) is 0.726. The summed E-state index contributed by atoms with van der Waals surface area (Å²) in [6, 6.07) is 8.24. The van der Waals surface area contributed by atoms with E-state index in [1.165, 1.54) is 5.56 Å². The van der Waals surface area contributed by atoms with Crippen LogP contribution in [0.15, 0.2) is 47.3 Å². The van der Waals surface area contributed by atoms with Crippen molar-refractivity contribution < 1.29 is 4.42 Å². The summed E-state index contributed by atoms with van der Waals surface area (Å²) in [6.45, 7) is 3.65. The summed E-state index contributed by atoms with van der Waals surface area (Å²) in [5.41, 5.74) is 3.24. The van der Waals surface area contributed by atoms with Crippen LogP contribution in [-0.4, -0.2) is 21.5 Å². The normalized spacial score (nSPS) is 14.0. The van der Waals surface area contributed by atoms with Crippen LogP contribution in [0.4, 0.5) is 5.82 Å². The summed E-state index contributed by atoms with van der Waals surface area (Å²) >= 11 is 0. The lowest BCUT2D eigenvalue weighted by Crippen LogP contribution is -2.30. The monoisotopic (exact) mass is 292 g/mol. The summed E-state index contributed by atoms with van der Waals surface area (Å²) in [5.74, 6) is 2.56. The molecular weight excluding hydrogens is 276 g/mol. The third-order valence-corrected chi connectivity index (χ3v) is 3.90. The van der Waals surface area contributed by atoms with E-state index in [9.17, 15) is 0 Å². The molecule has 0 atom stereocenters. The Morgan fingerprint density at radius 2 is 2.00 bits per heavy atom. The molecule has 2 aromatic heterocycles. The number of rotatable bonds is 2. The number of oxazole rings is 1. The van der Waals surface area contributed by atoms with Gasteiger partial charge in [0.05, 0.1) is 12.7 Å². The Kier molecular flexibility index (Phi) is 3.11. The highest BCUT2D eigenvalue weighted by Crippen LogP contribution is 2.27. The van der Waals surface area contributed by atoms with Gasteiger partial charge in [0.15, 0.2) is 0 Å². The van der Waals surface area contributed by atoms with Crippen molar-refractivity contribution >= 4 is 5.82 Å². The van der Waals surface area contributed by atoms with Crippen molar-refractivity contribution in [3.63, 3.8) is 0 Å². The standard InChI is InChI=1S/C17H16N4O/c1-12-2-4-13(5-3-12)17-20-14-11-21(9-6-15(14)22-17)16-10-18-7-8-19-16/h2-5,7-8,10H,6,9,11H2,1H3. The van der Waals surface area contributed by atoms with Crippen LogP contribution in [-0.2, 0) is 13.0 Å². The highest BCUT2D eigenvalue weighted by molar-refractivity contribution is 5.54. The number of aromatic nitrogens is 3. The van der Waals surface area contributed by atoms with Gasteiger partial charge in [0.25, 0.3) is 0 Å². The number of anilines is 1. The first kappa shape index (κ1) is 13.0. The minimum Gasteiger partial charge on any atom is -0.441 e. The minimum atomic E-state index is 0.700. The predicted molar refractivity (Wildman–Crippen MR) is 83.5 cm³/mol. The fraction of sp³-hybridized carbons (Fsp3) is 0.235. The molecule has 4 rings (SSSR count). The van der Waals surface area contributed by atoms with Crippen LogP contribution < -0.4 is 4.90 Å². The molecule has 1 aliphatic heterocycles. The minimum absolute atomic E-state index is 0.700. The lowest BCUT2D eigenvalue weighted by Gasteiger charge is -2.25. The van der Waals surface area contributed by atoms with E-state index < -0.39 is 0 Å². The molecule has 0 N–H and O–H groups in total. The Bertz CT molecular complexity index is 780. The maximum atomic E-state index is 5.94. The van der Waals surface area contributed by atoms with Crippen LogP contribution in [0.25, 0.3) is 11.5 Å². The maximum Gasteiger partial charge on any atom is 0.226 e. The van der Waals surface area contributed by atoms with E-state index in [1.54, 1.807) is 18.6 Å². The summed E-state index contributed by atoms with van der Waals surface area (Å²) < 4.78 is 5.94. The van der Waals surface area contributed by atoms with Crippen LogP contribution >= 0.6 is 0 Å². The van der Waals surface area contributed by atoms with E-state index in [0.717, 1.165) is 35.8 Å². The summed E-state index contributed by atoms with van der Waals surface area (Å²) in [4.78, 5) is 15.3. The first-order valence-electron chi connectivity index (χ1n) is 7.36. The van der Waals surface area contributed by atoms with Gasteiger partial charge >= 0.3 is 0 Å². The largest absolute Gasteiger partial charge is 0.441 e. The Morgan fingerprint density at radius 1 is 1.14 bits per heavy atom. The van der Waals surface area contributed by atoms with Crippen molar-refractivity contribution in [2.75, 3.05) is 11.4 Å². The lowest BCUT2D eigenvalue weighted by molar-refractivity contribution is 0.498. The maximum absolute atomic E-state index is 5.94. The van der Waals surface area contributed by atoms with Gasteiger partial charge in [-0.15, -0.1) is 0 Å². The molecule has 3 heterocycles. The second-order valence-electron chi connectivity index (χ2n) is 5.49. The fourth-order valence-corrected chi connectivity index (χ4v) is 2.67. The summed E-state index contributed by atoms with van der Waals surface area (Å²) in [6.07, 6.45) is 6.02. The van der Waals surface area contributed by atoms with Crippen LogP contribution in [0.2, 0.25) is 0 Å². The molecule has 0 bridgehead atoms. The smallest absolute Gasteiger partial charge is 0.226 e. The lowest BCUT2D eigenvalue weighted by atomic mass is 10.1. The van der Waals surface area contributed by atoms with Gasteiger partial charge in [0.2, 0.25) is 5.89 Å². The van der Waals surface area contributed by atoms with Crippen molar-refractivity contribution in [2.24, 2.45) is 0 Å². The molecular formula is C17H16N4O. The third-order valence-electron chi connectivity index (χ3n) is 3.90. The van der Waals surface area contributed by atoms with E-state index in [4.69, 9.17) is 4.42 Å². The molecule has 5 heteroatoms. The van der Waals surface area contributed by atoms with Crippen molar-refractivity contribution in [3.8, 4) is 11.5 Å². The number of fused-ring (bicyclic) bond motifs is 1. The molecule has 110 valence electrons. The molecule has 1 aliphatic rings. The molecule has 0 saturated heterocycles. The first-order chi connectivity index (χ1) is 10.8.